The van der Waals surface area contributed by atoms with Crippen molar-refractivity contribution in [3.05, 3.63) is 30.1 Å². The second kappa shape index (κ2) is 4.40. The van der Waals surface area contributed by atoms with Crippen molar-refractivity contribution in [3.63, 3.8) is 0 Å². The Bertz CT molecular complexity index is 333. The molecule has 2 rings (SSSR count). The van der Waals surface area contributed by atoms with E-state index in [1.807, 2.05) is 11.9 Å². The summed E-state index contributed by atoms with van der Waals surface area (Å²) in [5.74, 6) is 0.0751. The summed E-state index contributed by atoms with van der Waals surface area (Å²) in [6.07, 6.45) is 4.33. The average Bonchev–Trinajstić information content (AvgIpc) is 2.82. The van der Waals surface area contributed by atoms with Crippen molar-refractivity contribution in [2.45, 2.75) is 12.5 Å². The fourth-order valence-electron chi connectivity index (χ4n) is 1.83. The van der Waals surface area contributed by atoms with Crippen LogP contribution in [0.5, 0.6) is 0 Å². The summed E-state index contributed by atoms with van der Waals surface area (Å²) in [7, 11) is 1.86. The molecule has 1 fully saturated rings. The molecule has 2 heterocycles. The lowest BCUT2D eigenvalue weighted by molar-refractivity contribution is 0.0743. The Balaban J connectivity index is 2.07. The van der Waals surface area contributed by atoms with Crippen molar-refractivity contribution in [1.82, 2.24) is 15.2 Å². The van der Waals surface area contributed by atoms with Crippen molar-refractivity contribution < 1.29 is 4.79 Å². The largest absolute Gasteiger partial charge is 0.337 e. The lowest BCUT2D eigenvalue weighted by Gasteiger charge is -2.23. The zero-order chi connectivity index (χ0) is 10.7. The van der Waals surface area contributed by atoms with Gasteiger partial charge in [0.15, 0.2) is 0 Å². The first-order valence-electron chi connectivity index (χ1n) is 5.17. The second-order valence-electron chi connectivity index (χ2n) is 3.80. The van der Waals surface area contributed by atoms with Crippen LogP contribution < -0.4 is 5.32 Å². The first-order chi connectivity index (χ1) is 7.29. The number of nitrogens with zero attached hydrogens (tertiary/aromatic N) is 2. The van der Waals surface area contributed by atoms with Crippen molar-refractivity contribution in [2.24, 2.45) is 0 Å². The molecule has 1 aliphatic heterocycles. The van der Waals surface area contributed by atoms with E-state index in [0.29, 0.717) is 11.6 Å². The van der Waals surface area contributed by atoms with E-state index in [-0.39, 0.29) is 5.91 Å². The lowest BCUT2D eigenvalue weighted by atomic mass is 10.2. The third-order valence-corrected chi connectivity index (χ3v) is 2.83. The number of hydrogen-bond acceptors (Lipinski definition) is 3. The monoisotopic (exact) mass is 205 g/mol. The van der Waals surface area contributed by atoms with Gasteiger partial charge in [0.1, 0.15) is 0 Å². The number of carbonyl (C=O) groups is 1. The molecule has 1 aliphatic rings. The first-order valence-corrected chi connectivity index (χ1v) is 5.17. The van der Waals surface area contributed by atoms with Gasteiger partial charge in [-0.2, -0.15) is 0 Å². The summed E-state index contributed by atoms with van der Waals surface area (Å²) < 4.78 is 0. The quantitative estimate of drug-likeness (QED) is 0.765. The summed E-state index contributed by atoms with van der Waals surface area (Å²) in [4.78, 5) is 17.7. The number of amides is 1. The smallest absolute Gasteiger partial charge is 0.253 e. The van der Waals surface area contributed by atoms with Crippen molar-refractivity contribution in [3.8, 4) is 0 Å². The molecule has 0 spiro atoms. The summed E-state index contributed by atoms with van der Waals surface area (Å²) in [5.41, 5.74) is 0.708. The molecule has 1 aromatic rings. The summed E-state index contributed by atoms with van der Waals surface area (Å²) in [6.45, 7) is 1.89. The van der Waals surface area contributed by atoms with Gasteiger partial charge < -0.3 is 10.2 Å². The number of hydrogen-bond donors (Lipinski definition) is 1. The highest BCUT2D eigenvalue weighted by atomic mass is 16.2. The van der Waals surface area contributed by atoms with E-state index < -0.39 is 0 Å². The molecule has 1 saturated heterocycles. The van der Waals surface area contributed by atoms with Gasteiger partial charge >= 0.3 is 0 Å². The van der Waals surface area contributed by atoms with Crippen molar-refractivity contribution in [2.75, 3.05) is 20.1 Å². The van der Waals surface area contributed by atoms with Gasteiger partial charge in [-0.25, -0.2) is 0 Å². The zero-order valence-electron chi connectivity index (χ0n) is 8.81. The van der Waals surface area contributed by atoms with Crippen LogP contribution in [0.15, 0.2) is 24.5 Å². The Morgan fingerprint density at radius 3 is 2.87 bits per heavy atom. The van der Waals surface area contributed by atoms with Crippen LogP contribution in [0.1, 0.15) is 16.8 Å². The lowest BCUT2D eigenvalue weighted by Crippen LogP contribution is -2.38. The van der Waals surface area contributed by atoms with Gasteiger partial charge in [-0.15, -0.1) is 0 Å². The Kier molecular flexibility index (Phi) is 2.97. The predicted molar refractivity (Wildman–Crippen MR) is 57.6 cm³/mol. The Labute approximate surface area is 89.3 Å². The number of carbonyl (C=O) groups excluding carboxylic acids is 1. The maximum Gasteiger partial charge on any atom is 0.253 e. The summed E-state index contributed by atoms with van der Waals surface area (Å²) in [6, 6.07) is 3.83. The molecule has 4 heteroatoms. The van der Waals surface area contributed by atoms with E-state index in [0.717, 1.165) is 19.5 Å². The molecule has 1 N–H and O–H groups in total. The zero-order valence-corrected chi connectivity index (χ0v) is 8.81. The minimum atomic E-state index is 0.0751. The maximum atomic E-state index is 12.0. The molecule has 0 radical (unpaired) electrons. The van der Waals surface area contributed by atoms with Crippen LogP contribution >= 0.6 is 0 Å². The Morgan fingerprint density at radius 2 is 2.27 bits per heavy atom. The van der Waals surface area contributed by atoms with E-state index in [9.17, 15) is 4.79 Å². The van der Waals surface area contributed by atoms with Gasteiger partial charge in [0, 0.05) is 37.6 Å². The van der Waals surface area contributed by atoms with Crippen molar-refractivity contribution in [1.29, 1.82) is 0 Å². The molecular formula is C11H15N3O. The fraction of sp³-hybridized carbons (Fsp3) is 0.455. The van der Waals surface area contributed by atoms with Gasteiger partial charge in [-0.3, -0.25) is 9.78 Å². The highest BCUT2D eigenvalue weighted by molar-refractivity contribution is 5.94. The standard InChI is InChI=1S/C11H15N3O/c1-14(10-4-7-13-8-10)11(15)9-2-5-12-6-3-9/h2-3,5-6,10,13H,4,7-8H2,1H3. The molecule has 1 amide bonds. The van der Waals surface area contributed by atoms with Gasteiger partial charge in [0.2, 0.25) is 0 Å². The topological polar surface area (TPSA) is 45.2 Å². The number of pyridine rings is 1. The van der Waals surface area contributed by atoms with Gasteiger partial charge in [-0.1, -0.05) is 0 Å². The number of aromatic nitrogens is 1. The van der Waals surface area contributed by atoms with E-state index in [1.54, 1.807) is 24.5 Å². The van der Waals surface area contributed by atoms with Crippen LogP contribution in [0.25, 0.3) is 0 Å². The van der Waals surface area contributed by atoms with Crippen LogP contribution in [0, 0.1) is 0 Å². The minimum Gasteiger partial charge on any atom is -0.337 e. The van der Waals surface area contributed by atoms with E-state index >= 15 is 0 Å². The molecule has 0 aromatic carbocycles. The van der Waals surface area contributed by atoms with E-state index in [2.05, 4.69) is 10.3 Å². The molecular weight excluding hydrogens is 190 g/mol. The molecule has 80 valence electrons. The summed E-state index contributed by atoms with van der Waals surface area (Å²) in [5, 5.41) is 3.25. The van der Waals surface area contributed by atoms with Crippen LogP contribution in [0.3, 0.4) is 0 Å². The van der Waals surface area contributed by atoms with Crippen molar-refractivity contribution >= 4 is 5.91 Å². The van der Waals surface area contributed by atoms with Crippen LogP contribution in [0.4, 0.5) is 0 Å². The Hall–Kier alpha value is -1.42. The van der Waals surface area contributed by atoms with Crippen LogP contribution in [0.2, 0.25) is 0 Å². The minimum absolute atomic E-state index is 0.0751. The van der Waals surface area contributed by atoms with Gasteiger partial charge in [0.05, 0.1) is 0 Å². The van der Waals surface area contributed by atoms with Gasteiger partial charge in [0.25, 0.3) is 5.91 Å². The third kappa shape index (κ3) is 2.15. The highest BCUT2D eigenvalue weighted by Crippen LogP contribution is 2.10. The predicted octanol–water partition coefficient (Wildman–Crippen LogP) is 0.515. The van der Waals surface area contributed by atoms with Gasteiger partial charge in [-0.05, 0) is 25.1 Å². The number of rotatable bonds is 2. The molecule has 4 nitrogen and oxygen atoms in total. The molecule has 0 aliphatic carbocycles. The maximum absolute atomic E-state index is 12.0. The molecule has 1 aromatic heterocycles. The average molecular weight is 205 g/mol. The van der Waals surface area contributed by atoms with E-state index in [1.165, 1.54) is 0 Å². The normalized spacial score (nSPS) is 20.2. The molecule has 0 saturated carbocycles. The van der Waals surface area contributed by atoms with Crippen LogP contribution in [-0.4, -0.2) is 42.0 Å². The highest BCUT2D eigenvalue weighted by Gasteiger charge is 2.23. The second-order valence-corrected chi connectivity index (χ2v) is 3.80. The van der Waals surface area contributed by atoms with Crippen LogP contribution in [-0.2, 0) is 0 Å². The molecule has 1 unspecified atom stereocenters. The fourth-order valence-corrected chi connectivity index (χ4v) is 1.83. The first kappa shape index (κ1) is 10.1. The molecule has 1 atom stereocenters. The Morgan fingerprint density at radius 1 is 1.53 bits per heavy atom. The number of likely N-dealkylation sites (N-methyl/N-ethyl adjacent to an activating group) is 1. The SMILES string of the molecule is CN(C(=O)c1ccncc1)C1CCNC1. The number of nitrogens with one attached hydrogen (secondary N) is 1. The third-order valence-electron chi connectivity index (χ3n) is 2.83. The summed E-state index contributed by atoms with van der Waals surface area (Å²) >= 11 is 0. The molecule has 0 bridgehead atoms. The van der Waals surface area contributed by atoms with E-state index in [4.69, 9.17) is 0 Å². The molecule has 15 heavy (non-hydrogen) atoms.